The van der Waals surface area contributed by atoms with Crippen LogP contribution in [0.2, 0.25) is 0 Å². The van der Waals surface area contributed by atoms with Crippen molar-refractivity contribution in [3.63, 3.8) is 0 Å². The second-order valence-corrected chi connectivity index (χ2v) is 4.52. The van der Waals surface area contributed by atoms with Gasteiger partial charge in [-0.05, 0) is 12.3 Å². The summed E-state index contributed by atoms with van der Waals surface area (Å²) < 4.78 is 0. The molecular formula is C10H20N2O3. The Kier molecular flexibility index (Phi) is 5.11. The quantitative estimate of drug-likeness (QED) is 0.660. The van der Waals surface area contributed by atoms with E-state index in [0.29, 0.717) is 6.54 Å². The molecule has 0 aromatic carbocycles. The molecule has 5 heteroatoms. The molecule has 0 aliphatic heterocycles. The van der Waals surface area contributed by atoms with Gasteiger partial charge in [-0.1, -0.05) is 20.8 Å². The van der Waals surface area contributed by atoms with E-state index in [2.05, 4.69) is 10.6 Å². The number of hydrogen-bond acceptors (Lipinski definition) is 2. The highest BCUT2D eigenvalue weighted by atomic mass is 16.4. The lowest BCUT2D eigenvalue weighted by Crippen LogP contribution is -2.48. The lowest BCUT2D eigenvalue weighted by atomic mass is 9.85. The van der Waals surface area contributed by atoms with Crippen molar-refractivity contribution in [1.29, 1.82) is 0 Å². The molecule has 88 valence electrons. The van der Waals surface area contributed by atoms with Crippen molar-refractivity contribution in [1.82, 2.24) is 10.6 Å². The third kappa shape index (κ3) is 5.93. The number of urea groups is 1. The SMILES string of the molecule is CCNC(=O)NC(CC(=O)O)C(C)(C)C. The maximum atomic E-state index is 11.3. The summed E-state index contributed by atoms with van der Waals surface area (Å²) in [5, 5.41) is 14.0. The van der Waals surface area contributed by atoms with E-state index < -0.39 is 5.97 Å². The summed E-state index contributed by atoms with van der Waals surface area (Å²) in [4.78, 5) is 21.9. The third-order valence-corrected chi connectivity index (χ3v) is 2.07. The highest BCUT2D eigenvalue weighted by molar-refractivity contribution is 5.75. The van der Waals surface area contributed by atoms with Gasteiger partial charge in [0.2, 0.25) is 0 Å². The van der Waals surface area contributed by atoms with Gasteiger partial charge in [-0.15, -0.1) is 0 Å². The van der Waals surface area contributed by atoms with Gasteiger partial charge < -0.3 is 15.7 Å². The topological polar surface area (TPSA) is 78.4 Å². The van der Waals surface area contributed by atoms with E-state index in [4.69, 9.17) is 5.11 Å². The summed E-state index contributed by atoms with van der Waals surface area (Å²) in [5.74, 6) is -0.910. The predicted octanol–water partition coefficient (Wildman–Crippen LogP) is 1.19. The Hall–Kier alpha value is -1.26. The first-order valence-electron chi connectivity index (χ1n) is 5.03. The fraction of sp³-hybridized carbons (Fsp3) is 0.800. The van der Waals surface area contributed by atoms with Gasteiger partial charge in [-0.25, -0.2) is 4.79 Å². The largest absolute Gasteiger partial charge is 0.481 e. The molecule has 2 amide bonds. The van der Waals surface area contributed by atoms with Crippen LogP contribution < -0.4 is 10.6 Å². The Labute approximate surface area is 90.2 Å². The molecule has 0 aliphatic rings. The minimum atomic E-state index is -0.910. The molecule has 0 aromatic heterocycles. The van der Waals surface area contributed by atoms with Crippen molar-refractivity contribution < 1.29 is 14.7 Å². The fourth-order valence-electron chi connectivity index (χ4n) is 1.12. The number of nitrogens with one attached hydrogen (secondary N) is 2. The van der Waals surface area contributed by atoms with E-state index in [1.54, 1.807) is 0 Å². The number of rotatable bonds is 4. The summed E-state index contributed by atoms with van der Waals surface area (Å²) in [6.07, 6.45) is -0.0688. The molecule has 1 atom stereocenters. The van der Waals surface area contributed by atoms with Crippen LogP contribution in [0, 0.1) is 5.41 Å². The molecule has 0 spiro atoms. The van der Waals surface area contributed by atoms with Gasteiger partial charge >= 0.3 is 12.0 Å². The van der Waals surface area contributed by atoms with Gasteiger partial charge in [0, 0.05) is 12.6 Å². The van der Waals surface area contributed by atoms with Crippen LogP contribution in [0.1, 0.15) is 34.1 Å². The van der Waals surface area contributed by atoms with Crippen LogP contribution >= 0.6 is 0 Å². The second-order valence-electron chi connectivity index (χ2n) is 4.52. The van der Waals surface area contributed by atoms with E-state index in [0.717, 1.165) is 0 Å². The van der Waals surface area contributed by atoms with E-state index in [1.165, 1.54) is 0 Å². The first-order chi connectivity index (χ1) is 6.77. The number of carboxylic acid groups (broad SMARTS) is 1. The van der Waals surface area contributed by atoms with Crippen molar-refractivity contribution >= 4 is 12.0 Å². The number of aliphatic carboxylic acids is 1. The summed E-state index contributed by atoms with van der Waals surface area (Å²) in [6.45, 7) is 8.02. The van der Waals surface area contributed by atoms with Crippen LogP contribution in [0.4, 0.5) is 4.79 Å². The lowest BCUT2D eigenvalue weighted by Gasteiger charge is -2.30. The highest BCUT2D eigenvalue weighted by Gasteiger charge is 2.28. The van der Waals surface area contributed by atoms with Crippen molar-refractivity contribution in [2.75, 3.05) is 6.54 Å². The molecule has 0 rings (SSSR count). The summed E-state index contributed by atoms with van der Waals surface area (Å²) in [7, 11) is 0. The lowest BCUT2D eigenvalue weighted by molar-refractivity contribution is -0.138. The Bertz CT molecular complexity index is 233. The number of carboxylic acids is 1. The monoisotopic (exact) mass is 216 g/mol. The molecule has 1 unspecified atom stereocenters. The fourth-order valence-corrected chi connectivity index (χ4v) is 1.12. The molecular weight excluding hydrogens is 196 g/mol. The molecule has 15 heavy (non-hydrogen) atoms. The van der Waals surface area contributed by atoms with E-state index in [-0.39, 0.29) is 23.9 Å². The van der Waals surface area contributed by atoms with Gasteiger partial charge in [0.1, 0.15) is 0 Å². The summed E-state index contributed by atoms with van der Waals surface area (Å²) >= 11 is 0. The predicted molar refractivity (Wildman–Crippen MR) is 57.7 cm³/mol. The Morgan fingerprint density at radius 1 is 1.33 bits per heavy atom. The first kappa shape index (κ1) is 13.7. The van der Waals surface area contributed by atoms with Crippen LogP contribution in [0.3, 0.4) is 0 Å². The third-order valence-electron chi connectivity index (χ3n) is 2.07. The average Bonchev–Trinajstić information content (AvgIpc) is 2.00. The molecule has 0 radical (unpaired) electrons. The van der Waals surface area contributed by atoms with E-state index in [1.807, 2.05) is 27.7 Å². The molecule has 0 fully saturated rings. The second kappa shape index (κ2) is 5.58. The zero-order valence-electron chi connectivity index (χ0n) is 9.76. The van der Waals surface area contributed by atoms with Crippen molar-refractivity contribution in [3.8, 4) is 0 Å². The molecule has 0 aromatic rings. The van der Waals surface area contributed by atoms with Crippen molar-refractivity contribution in [2.24, 2.45) is 5.41 Å². The number of carbonyl (C=O) groups excluding carboxylic acids is 1. The van der Waals surface area contributed by atoms with Crippen LogP contribution in [0.15, 0.2) is 0 Å². The zero-order chi connectivity index (χ0) is 12.1. The Morgan fingerprint density at radius 3 is 2.20 bits per heavy atom. The number of hydrogen-bond donors (Lipinski definition) is 3. The number of amides is 2. The minimum Gasteiger partial charge on any atom is -0.481 e. The molecule has 0 saturated carbocycles. The maximum absolute atomic E-state index is 11.3. The van der Waals surface area contributed by atoms with Crippen LogP contribution in [-0.4, -0.2) is 29.7 Å². The highest BCUT2D eigenvalue weighted by Crippen LogP contribution is 2.21. The zero-order valence-corrected chi connectivity index (χ0v) is 9.76. The van der Waals surface area contributed by atoms with Crippen LogP contribution in [0.25, 0.3) is 0 Å². The van der Waals surface area contributed by atoms with Gasteiger partial charge in [0.05, 0.1) is 6.42 Å². The molecule has 5 nitrogen and oxygen atoms in total. The van der Waals surface area contributed by atoms with E-state index in [9.17, 15) is 9.59 Å². The molecule has 0 heterocycles. The molecule has 0 aliphatic carbocycles. The van der Waals surface area contributed by atoms with Crippen molar-refractivity contribution in [3.05, 3.63) is 0 Å². The van der Waals surface area contributed by atoms with Crippen molar-refractivity contribution in [2.45, 2.75) is 40.2 Å². The maximum Gasteiger partial charge on any atom is 0.315 e. The minimum absolute atomic E-state index is 0.0688. The summed E-state index contributed by atoms with van der Waals surface area (Å²) in [6, 6.07) is -0.694. The van der Waals surface area contributed by atoms with Crippen LogP contribution in [0.5, 0.6) is 0 Å². The molecule has 0 bridgehead atoms. The first-order valence-corrected chi connectivity index (χ1v) is 5.03. The molecule has 0 saturated heterocycles. The Morgan fingerprint density at radius 2 is 1.87 bits per heavy atom. The smallest absolute Gasteiger partial charge is 0.315 e. The summed E-state index contributed by atoms with van der Waals surface area (Å²) in [5.41, 5.74) is -0.274. The van der Waals surface area contributed by atoms with Gasteiger partial charge in [0.15, 0.2) is 0 Å². The van der Waals surface area contributed by atoms with E-state index >= 15 is 0 Å². The van der Waals surface area contributed by atoms with Gasteiger partial charge in [0.25, 0.3) is 0 Å². The average molecular weight is 216 g/mol. The molecule has 3 N–H and O–H groups in total. The van der Waals surface area contributed by atoms with Crippen LogP contribution in [-0.2, 0) is 4.79 Å². The van der Waals surface area contributed by atoms with Gasteiger partial charge in [-0.3, -0.25) is 4.79 Å². The normalized spacial score (nSPS) is 13.1. The van der Waals surface area contributed by atoms with Gasteiger partial charge in [-0.2, -0.15) is 0 Å². The Balaban J connectivity index is 4.38. The standard InChI is InChI=1S/C10H20N2O3/c1-5-11-9(15)12-7(6-8(13)14)10(2,3)4/h7H,5-6H2,1-4H3,(H,13,14)(H2,11,12,15). The number of carbonyl (C=O) groups is 2.